The first-order valence-corrected chi connectivity index (χ1v) is 8.09. The number of hydrogen-bond acceptors (Lipinski definition) is 3. The molecule has 0 radical (unpaired) electrons. The van der Waals surface area contributed by atoms with Gasteiger partial charge in [-0.2, -0.15) is 0 Å². The number of aliphatic hydroxyl groups is 1. The molecule has 0 fully saturated rings. The van der Waals surface area contributed by atoms with E-state index in [-0.39, 0.29) is 11.5 Å². The van der Waals surface area contributed by atoms with Gasteiger partial charge in [0.2, 0.25) is 5.91 Å². The molecule has 6 heteroatoms. The van der Waals surface area contributed by atoms with Crippen LogP contribution in [0.1, 0.15) is 37.3 Å². The molecule has 1 aromatic heterocycles. The largest absolute Gasteiger partial charge is 0.386 e. The molecular formula is C17H19F2NO2S. The minimum absolute atomic E-state index is 0.214. The molecule has 124 valence electrons. The van der Waals surface area contributed by atoms with Crippen LogP contribution in [-0.4, -0.2) is 17.1 Å². The van der Waals surface area contributed by atoms with E-state index < -0.39 is 29.2 Å². The highest BCUT2D eigenvalue weighted by Gasteiger charge is 2.32. The van der Waals surface area contributed by atoms with E-state index in [2.05, 4.69) is 5.32 Å². The third-order valence-corrected chi connectivity index (χ3v) is 5.02. The zero-order valence-electron chi connectivity index (χ0n) is 13.1. The fraction of sp³-hybridized carbons (Fsp3) is 0.353. The highest BCUT2D eigenvalue weighted by Crippen LogP contribution is 2.28. The average molecular weight is 339 g/mol. The van der Waals surface area contributed by atoms with Gasteiger partial charge < -0.3 is 10.4 Å². The number of benzene rings is 1. The minimum atomic E-state index is -1.13. The summed E-state index contributed by atoms with van der Waals surface area (Å²) in [6.45, 7) is 5.21. The van der Waals surface area contributed by atoms with Crippen LogP contribution in [0.25, 0.3) is 0 Å². The number of halogens is 2. The number of hydrogen-bond donors (Lipinski definition) is 2. The monoisotopic (exact) mass is 339 g/mol. The van der Waals surface area contributed by atoms with Crippen molar-refractivity contribution >= 4 is 17.2 Å². The molecule has 0 bridgehead atoms. The van der Waals surface area contributed by atoms with E-state index in [1.807, 2.05) is 17.5 Å². The zero-order valence-corrected chi connectivity index (χ0v) is 14.0. The van der Waals surface area contributed by atoms with Crippen LogP contribution < -0.4 is 5.32 Å². The Hall–Kier alpha value is -1.79. The molecule has 0 aliphatic rings. The van der Waals surface area contributed by atoms with Gasteiger partial charge in [0.05, 0.1) is 17.6 Å². The van der Waals surface area contributed by atoms with Crippen molar-refractivity contribution in [3.8, 4) is 0 Å². The lowest BCUT2D eigenvalue weighted by atomic mass is 9.89. The first-order valence-electron chi connectivity index (χ1n) is 7.21. The van der Waals surface area contributed by atoms with E-state index in [1.54, 1.807) is 20.8 Å². The number of nitrogens with one attached hydrogen (secondary N) is 1. The molecule has 1 amide bonds. The van der Waals surface area contributed by atoms with Crippen LogP contribution in [0.3, 0.4) is 0 Å². The summed E-state index contributed by atoms with van der Waals surface area (Å²) >= 11 is 1.48. The molecule has 2 N–H and O–H groups in total. The van der Waals surface area contributed by atoms with E-state index in [1.165, 1.54) is 17.4 Å². The highest BCUT2D eigenvalue weighted by molar-refractivity contribution is 7.10. The molecule has 3 nitrogen and oxygen atoms in total. The molecular weight excluding hydrogens is 320 g/mol. The lowest BCUT2D eigenvalue weighted by Gasteiger charge is -2.27. The molecule has 0 saturated carbocycles. The Balaban J connectivity index is 2.10. The van der Waals surface area contributed by atoms with Gasteiger partial charge in [-0.3, -0.25) is 4.79 Å². The molecule has 0 spiro atoms. The molecule has 0 aliphatic carbocycles. The normalized spacial score (nSPS) is 14.3. The summed E-state index contributed by atoms with van der Waals surface area (Å²) in [4.78, 5) is 13.4. The van der Waals surface area contributed by atoms with Crippen molar-refractivity contribution in [1.82, 2.24) is 5.32 Å². The van der Waals surface area contributed by atoms with Crippen molar-refractivity contribution in [3.05, 3.63) is 57.8 Å². The van der Waals surface area contributed by atoms with Crippen LogP contribution in [0.15, 0.2) is 35.7 Å². The van der Waals surface area contributed by atoms with Crippen molar-refractivity contribution in [2.75, 3.05) is 0 Å². The highest BCUT2D eigenvalue weighted by atomic mass is 32.1. The van der Waals surface area contributed by atoms with Gasteiger partial charge in [0, 0.05) is 4.88 Å². The van der Waals surface area contributed by atoms with Crippen molar-refractivity contribution < 1.29 is 18.7 Å². The lowest BCUT2D eigenvalue weighted by Crippen LogP contribution is -2.45. The standard InChI is InChI=1S/C17H19F2NO2S/c1-10(15(21)11-6-7-12(18)13(19)9-11)20-16(22)17(2,3)14-5-4-8-23-14/h4-10,15,21H,1-3H3,(H,20,22). The molecule has 2 aromatic rings. The topological polar surface area (TPSA) is 49.3 Å². The number of carbonyl (C=O) groups is 1. The van der Waals surface area contributed by atoms with Crippen molar-refractivity contribution in [2.45, 2.75) is 38.3 Å². The number of aliphatic hydroxyl groups excluding tert-OH is 1. The maximum Gasteiger partial charge on any atom is 0.231 e. The second kappa shape index (κ2) is 6.76. The summed E-state index contributed by atoms with van der Waals surface area (Å²) in [5, 5.41) is 14.9. The van der Waals surface area contributed by atoms with Crippen LogP contribution in [-0.2, 0) is 10.2 Å². The lowest BCUT2D eigenvalue weighted by molar-refractivity contribution is -0.127. The van der Waals surface area contributed by atoms with E-state index in [0.717, 1.165) is 17.0 Å². The summed E-state index contributed by atoms with van der Waals surface area (Å²) in [5.41, 5.74) is -0.526. The third kappa shape index (κ3) is 3.76. The Kier molecular flexibility index (Phi) is 5.16. The smallest absolute Gasteiger partial charge is 0.231 e. The van der Waals surface area contributed by atoms with Gasteiger partial charge in [0.15, 0.2) is 11.6 Å². The van der Waals surface area contributed by atoms with E-state index in [4.69, 9.17) is 0 Å². The van der Waals surface area contributed by atoms with Crippen LogP contribution >= 0.6 is 11.3 Å². The Morgan fingerprint density at radius 2 is 1.96 bits per heavy atom. The maximum atomic E-state index is 13.3. The summed E-state index contributed by atoms with van der Waals surface area (Å²) in [7, 11) is 0. The number of carbonyl (C=O) groups excluding carboxylic acids is 1. The SMILES string of the molecule is CC(NC(=O)C(C)(C)c1cccs1)C(O)c1ccc(F)c(F)c1. The Bertz CT molecular complexity index is 686. The second-order valence-corrected chi connectivity index (χ2v) is 6.93. The average Bonchev–Trinajstić information content (AvgIpc) is 3.04. The van der Waals surface area contributed by atoms with Crippen molar-refractivity contribution in [1.29, 1.82) is 0 Å². The van der Waals surface area contributed by atoms with Gasteiger partial charge >= 0.3 is 0 Å². The quantitative estimate of drug-likeness (QED) is 0.875. The predicted molar refractivity (Wildman–Crippen MR) is 86.3 cm³/mol. The number of thiophene rings is 1. The maximum absolute atomic E-state index is 13.3. The van der Waals surface area contributed by atoms with Gasteiger partial charge in [0.25, 0.3) is 0 Å². The van der Waals surface area contributed by atoms with Gasteiger partial charge in [-0.15, -0.1) is 11.3 Å². The summed E-state index contributed by atoms with van der Waals surface area (Å²) in [6, 6.07) is 6.29. The van der Waals surface area contributed by atoms with Crippen LogP contribution in [0, 0.1) is 11.6 Å². The summed E-state index contributed by atoms with van der Waals surface area (Å²) in [6.07, 6.45) is -1.13. The number of rotatable bonds is 5. The van der Waals surface area contributed by atoms with Crippen molar-refractivity contribution in [3.63, 3.8) is 0 Å². The number of amides is 1. The molecule has 2 unspecified atom stereocenters. The molecule has 2 atom stereocenters. The fourth-order valence-electron chi connectivity index (χ4n) is 2.20. The summed E-state index contributed by atoms with van der Waals surface area (Å²) in [5.74, 6) is -2.25. The van der Waals surface area contributed by atoms with Gasteiger partial charge in [-0.1, -0.05) is 12.1 Å². The zero-order chi connectivity index (χ0) is 17.2. The second-order valence-electron chi connectivity index (χ2n) is 5.98. The first-order chi connectivity index (χ1) is 10.7. The summed E-state index contributed by atoms with van der Waals surface area (Å²) < 4.78 is 26.2. The van der Waals surface area contributed by atoms with Crippen LogP contribution in [0.4, 0.5) is 8.78 Å². The molecule has 0 saturated heterocycles. The van der Waals surface area contributed by atoms with Crippen molar-refractivity contribution in [2.24, 2.45) is 0 Å². The molecule has 1 heterocycles. The Labute approximate surface area is 138 Å². The molecule has 2 rings (SSSR count). The van der Waals surface area contributed by atoms with E-state index >= 15 is 0 Å². The predicted octanol–water partition coefficient (Wildman–Crippen LogP) is 3.54. The third-order valence-electron chi connectivity index (χ3n) is 3.82. The van der Waals surface area contributed by atoms with E-state index in [0.29, 0.717) is 0 Å². The fourth-order valence-corrected chi connectivity index (χ4v) is 3.05. The molecule has 0 aliphatic heterocycles. The Morgan fingerprint density at radius 3 is 2.52 bits per heavy atom. The first kappa shape index (κ1) is 17.6. The minimum Gasteiger partial charge on any atom is -0.386 e. The molecule has 23 heavy (non-hydrogen) atoms. The molecule has 1 aromatic carbocycles. The van der Waals surface area contributed by atoms with Gasteiger partial charge in [0.1, 0.15) is 0 Å². The van der Waals surface area contributed by atoms with Gasteiger partial charge in [-0.05, 0) is 49.9 Å². The van der Waals surface area contributed by atoms with E-state index in [9.17, 15) is 18.7 Å². The van der Waals surface area contributed by atoms with Crippen LogP contribution in [0.2, 0.25) is 0 Å². The van der Waals surface area contributed by atoms with Gasteiger partial charge in [-0.25, -0.2) is 8.78 Å². The Morgan fingerprint density at radius 1 is 1.26 bits per heavy atom. The van der Waals surface area contributed by atoms with Crippen LogP contribution in [0.5, 0.6) is 0 Å².